The molecular weight excluding hydrogens is 320 g/mol. The number of carbonyl (C=O) groups excluding carboxylic acids is 1. The Morgan fingerprint density at radius 2 is 2.20 bits per heavy atom. The third kappa shape index (κ3) is 2.77. The monoisotopic (exact) mass is 338 g/mol. The highest BCUT2D eigenvalue weighted by Crippen LogP contribution is 2.32. The van der Waals surface area contributed by atoms with E-state index in [2.05, 4.69) is 15.6 Å². The van der Waals surface area contributed by atoms with Crippen molar-refractivity contribution in [3.8, 4) is 17.0 Å². The molecule has 25 heavy (non-hydrogen) atoms. The molecule has 2 aromatic heterocycles. The van der Waals surface area contributed by atoms with E-state index in [1.54, 1.807) is 16.9 Å². The van der Waals surface area contributed by atoms with Crippen molar-refractivity contribution >= 4 is 5.91 Å². The lowest BCUT2D eigenvalue weighted by molar-refractivity contribution is 0.0887. The van der Waals surface area contributed by atoms with E-state index in [1.807, 2.05) is 38.2 Å². The fourth-order valence-corrected chi connectivity index (χ4v) is 2.98. The molecule has 4 rings (SSSR count). The maximum absolute atomic E-state index is 12.6. The summed E-state index contributed by atoms with van der Waals surface area (Å²) in [5, 5.41) is 11.2. The Labute approximate surface area is 144 Å². The maximum Gasteiger partial charge on any atom is 0.290 e. The summed E-state index contributed by atoms with van der Waals surface area (Å²) in [7, 11) is 1.86. The highest BCUT2D eigenvalue weighted by molar-refractivity contribution is 5.92. The summed E-state index contributed by atoms with van der Waals surface area (Å²) in [5.41, 5.74) is 3.38. The third-order valence-electron chi connectivity index (χ3n) is 4.51. The minimum atomic E-state index is -0.290. The molecule has 1 aromatic carbocycles. The first-order chi connectivity index (χ1) is 12.1. The standard InChI is InChI=1S/C18H18N4O3/c1-11-13(10-19-22(11)2)15-9-17(25-21-15)18(23)20-14-7-8-24-16-6-4-3-5-12(14)16/h3-6,9-10,14H,7-8H2,1-2H3,(H,20,23)/t14-/m1/s1. The zero-order chi connectivity index (χ0) is 17.4. The predicted molar refractivity (Wildman–Crippen MR) is 90.2 cm³/mol. The van der Waals surface area contributed by atoms with Gasteiger partial charge in [-0.1, -0.05) is 23.4 Å². The van der Waals surface area contributed by atoms with E-state index in [4.69, 9.17) is 9.26 Å². The number of aryl methyl sites for hydroxylation is 1. The fraction of sp³-hybridized carbons (Fsp3) is 0.278. The van der Waals surface area contributed by atoms with Crippen molar-refractivity contribution < 1.29 is 14.1 Å². The van der Waals surface area contributed by atoms with Gasteiger partial charge in [-0.15, -0.1) is 0 Å². The molecule has 0 unspecified atom stereocenters. The van der Waals surface area contributed by atoms with Gasteiger partial charge in [0.25, 0.3) is 5.91 Å². The summed E-state index contributed by atoms with van der Waals surface area (Å²) in [5.74, 6) is 0.701. The Bertz CT molecular complexity index is 928. The van der Waals surface area contributed by atoms with Gasteiger partial charge in [-0.25, -0.2) is 0 Å². The predicted octanol–water partition coefficient (Wildman–Crippen LogP) is 2.64. The normalized spacial score (nSPS) is 16.2. The third-order valence-corrected chi connectivity index (χ3v) is 4.51. The molecule has 1 amide bonds. The number of amides is 1. The second-order valence-corrected chi connectivity index (χ2v) is 6.04. The number of hydrogen-bond acceptors (Lipinski definition) is 5. The molecule has 0 saturated carbocycles. The molecule has 7 nitrogen and oxygen atoms in total. The molecule has 3 aromatic rings. The van der Waals surface area contributed by atoms with Gasteiger partial charge in [0.05, 0.1) is 18.8 Å². The molecule has 1 N–H and O–H groups in total. The molecule has 0 aliphatic carbocycles. The number of carbonyl (C=O) groups is 1. The van der Waals surface area contributed by atoms with Crippen LogP contribution in [0.1, 0.15) is 34.3 Å². The van der Waals surface area contributed by atoms with Gasteiger partial charge in [0.15, 0.2) is 0 Å². The van der Waals surface area contributed by atoms with Gasteiger partial charge in [0, 0.05) is 36.4 Å². The van der Waals surface area contributed by atoms with E-state index in [-0.39, 0.29) is 17.7 Å². The van der Waals surface area contributed by atoms with Crippen molar-refractivity contribution in [3.05, 3.63) is 53.5 Å². The molecule has 0 spiro atoms. The van der Waals surface area contributed by atoms with Gasteiger partial charge in [-0.3, -0.25) is 9.48 Å². The SMILES string of the molecule is Cc1c(-c2cc(C(=O)N[C@@H]3CCOc4ccccc43)on2)cnn1C. The number of nitrogens with one attached hydrogen (secondary N) is 1. The van der Waals surface area contributed by atoms with Crippen molar-refractivity contribution in [2.45, 2.75) is 19.4 Å². The van der Waals surface area contributed by atoms with Crippen molar-refractivity contribution in [1.29, 1.82) is 0 Å². The van der Waals surface area contributed by atoms with Gasteiger partial charge in [-0.05, 0) is 13.0 Å². The number of para-hydroxylation sites is 1. The summed E-state index contributed by atoms with van der Waals surface area (Å²) >= 11 is 0. The number of hydrogen-bond donors (Lipinski definition) is 1. The molecule has 0 fully saturated rings. The highest BCUT2D eigenvalue weighted by Gasteiger charge is 2.25. The van der Waals surface area contributed by atoms with Gasteiger partial charge < -0.3 is 14.6 Å². The summed E-state index contributed by atoms with van der Waals surface area (Å²) in [4.78, 5) is 12.6. The minimum Gasteiger partial charge on any atom is -0.493 e. The van der Waals surface area contributed by atoms with Crippen LogP contribution in [0, 0.1) is 6.92 Å². The van der Waals surface area contributed by atoms with E-state index in [0.29, 0.717) is 18.7 Å². The average Bonchev–Trinajstić information content (AvgIpc) is 3.23. The topological polar surface area (TPSA) is 82.2 Å². The molecule has 1 aliphatic rings. The molecule has 128 valence electrons. The first-order valence-corrected chi connectivity index (χ1v) is 8.12. The van der Waals surface area contributed by atoms with Gasteiger partial charge in [-0.2, -0.15) is 5.10 Å². The second kappa shape index (κ2) is 6.08. The Hall–Kier alpha value is -3.09. The van der Waals surface area contributed by atoms with E-state index >= 15 is 0 Å². The van der Waals surface area contributed by atoms with Crippen LogP contribution in [0.25, 0.3) is 11.3 Å². The largest absolute Gasteiger partial charge is 0.493 e. The van der Waals surface area contributed by atoms with Crippen LogP contribution in [-0.4, -0.2) is 27.5 Å². The van der Waals surface area contributed by atoms with Crippen LogP contribution in [0.3, 0.4) is 0 Å². The van der Waals surface area contributed by atoms with E-state index in [0.717, 1.165) is 22.6 Å². The van der Waals surface area contributed by atoms with Crippen molar-refractivity contribution in [3.63, 3.8) is 0 Å². The summed E-state index contributed by atoms with van der Waals surface area (Å²) in [6.45, 7) is 2.51. The Morgan fingerprint density at radius 3 is 3.00 bits per heavy atom. The zero-order valence-corrected chi connectivity index (χ0v) is 14.0. The highest BCUT2D eigenvalue weighted by atomic mass is 16.5. The minimum absolute atomic E-state index is 0.105. The van der Waals surface area contributed by atoms with E-state index in [1.165, 1.54) is 0 Å². The lowest BCUT2D eigenvalue weighted by atomic mass is 10.0. The Kier molecular flexibility index (Phi) is 3.76. The van der Waals surface area contributed by atoms with Gasteiger partial charge in [0.2, 0.25) is 5.76 Å². The van der Waals surface area contributed by atoms with Crippen LogP contribution in [-0.2, 0) is 7.05 Å². The van der Waals surface area contributed by atoms with Crippen LogP contribution in [0.2, 0.25) is 0 Å². The lowest BCUT2D eigenvalue weighted by Crippen LogP contribution is -2.31. The quantitative estimate of drug-likeness (QED) is 0.794. The number of rotatable bonds is 3. The zero-order valence-electron chi connectivity index (χ0n) is 14.0. The van der Waals surface area contributed by atoms with Crippen molar-refractivity contribution in [2.24, 2.45) is 7.05 Å². The Balaban J connectivity index is 1.54. The summed E-state index contributed by atoms with van der Waals surface area (Å²) in [6, 6.07) is 9.26. The Morgan fingerprint density at radius 1 is 1.36 bits per heavy atom. The first-order valence-electron chi connectivity index (χ1n) is 8.12. The van der Waals surface area contributed by atoms with Gasteiger partial charge >= 0.3 is 0 Å². The molecular formula is C18H18N4O3. The lowest BCUT2D eigenvalue weighted by Gasteiger charge is -2.26. The molecule has 1 atom stereocenters. The molecule has 0 saturated heterocycles. The number of nitrogens with zero attached hydrogens (tertiary/aromatic N) is 3. The maximum atomic E-state index is 12.6. The average molecular weight is 338 g/mol. The number of aromatic nitrogens is 3. The fourth-order valence-electron chi connectivity index (χ4n) is 2.98. The number of benzene rings is 1. The number of ether oxygens (including phenoxy) is 1. The smallest absolute Gasteiger partial charge is 0.290 e. The van der Waals surface area contributed by atoms with Crippen molar-refractivity contribution in [2.75, 3.05) is 6.61 Å². The summed E-state index contributed by atoms with van der Waals surface area (Å²) < 4.78 is 12.6. The van der Waals surface area contributed by atoms with Crippen LogP contribution < -0.4 is 10.1 Å². The van der Waals surface area contributed by atoms with Gasteiger partial charge in [0.1, 0.15) is 11.4 Å². The van der Waals surface area contributed by atoms with Crippen LogP contribution >= 0.6 is 0 Å². The van der Waals surface area contributed by atoms with Crippen LogP contribution in [0.4, 0.5) is 0 Å². The second-order valence-electron chi connectivity index (χ2n) is 6.04. The van der Waals surface area contributed by atoms with Crippen LogP contribution in [0.5, 0.6) is 5.75 Å². The first kappa shape index (κ1) is 15.4. The molecule has 0 radical (unpaired) electrons. The summed E-state index contributed by atoms with van der Waals surface area (Å²) in [6.07, 6.45) is 2.43. The molecule has 0 bridgehead atoms. The van der Waals surface area contributed by atoms with E-state index in [9.17, 15) is 4.79 Å². The molecule has 7 heteroatoms. The van der Waals surface area contributed by atoms with E-state index < -0.39 is 0 Å². The van der Waals surface area contributed by atoms with Crippen LogP contribution in [0.15, 0.2) is 41.1 Å². The molecule has 1 aliphatic heterocycles. The number of fused-ring (bicyclic) bond motifs is 1. The molecule has 3 heterocycles. The van der Waals surface area contributed by atoms with Crippen molar-refractivity contribution in [1.82, 2.24) is 20.3 Å².